The fourth-order valence-corrected chi connectivity index (χ4v) is 13.1. The normalized spacial score (nSPS) is 12.0. The molecule has 0 amide bonds. The number of nitrogens with zero attached hydrogens (tertiary/aromatic N) is 2. The van der Waals surface area contributed by atoms with Gasteiger partial charge in [0.1, 0.15) is 25.4 Å². The number of carbonyl (C=O) groups excluding carboxylic acids is 4. The minimum absolute atomic E-state index is 0.0773. The maximum absolute atomic E-state index is 13.7. The second-order valence-electron chi connectivity index (χ2n) is 27.9. The van der Waals surface area contributed by atoms with Crippen LogP contribution in [0, 0.1) is 0 Å². The molecule has 96 heavy (non-hydrogen) atoms. The van der Waals surface area contributed by atoms with Crippen LogP contribution in [-0.4, -0.2) is 81.4 Å². The van der Waals surface area contributed by atoms with Crippen molar-refractivity contribution >= 4 is 35.8 Å². The highest BCUT2D eigenvalue weighted by atomic mass is 16.6. The van der Waals surface area contributed by atoms with E-state index in [2.05, 4.69) is 37.7 Å². The van der Waals surface area contributed by atoms with Gasteiger partial charge < -0.3 is 29.2 Å². The average Bonchev–Trinajstić information content (AvgIpc) is 0.773. The highest BCUT2D eigenvalue weighted by molar-refractivity contribution is 6.05. The average molecular weight is 1350 g/mol. The number of aromatic carboxylic acids is 2. The summed E-state index contributed by atoms with van der Waals surface area (Å²) in [6, 6.07) is 3.14. The van der Waals surface area contributed by atoms with E-state index in [1.165, 1.54) is 231 Å². The van der Waals surface area contributed by atoms with E-state index >= 15 is 0 Å². The summed E-state index contributed by atoms with van der Waals surface area (Å²) in [5, 5.41) is 21.9. The molecule has 2 aromatic rings. The zero-order valence-corrected chi connectivity index (χ0v) is 61.8. The Kier molecular flexibility index (Phi) is 56.7. The van der Waals surface area contributed by atoms with Crippen LogP contribution in [-0.2, 0) is 51.0 Å². The quantitative estimate of drug-likeness (QED) is 0.0359. The zero-order chi connectivity index (χ0) is 69.6. The predicted molar refractivity (Wildman–Crippen MR) is 392 cm³/mol. The first-order valence-corrected chi connectivity index (χ1v) is 40.1. The highest BCUT2D eigenvalue weighted by Gasteiger charge is 2.31. The molecule has 0 spiro atoms. The molecule has 0 aliphatic carbocycles. The Bertz CT molecular complexity index is 2270. The van der Waals surface area contributed by atoms with Crippen LogP contribution >= 0.6 is 0 Å². The van der Waals surface area contributed by atoms with Gasteiger partial charge in [-0.25, -0.2) is 9.59 Å². The van der Waals surface area contributed by atoms with E-state index in [9.17, 15) is 39.0 Å². The van der Waals surface area contributed by atoms with Gasteiger partial charge >= 0.3 is 35.8 Å². The SMILES string of the molecule is CCCCCCCCCCCCCCCC(=O)OCC(Cc1ncccc1-c1c(C(=O)O)cnc(CC(COC(=O)CCCCCCCCCCCCCCC)OC(=O)CCCCCCCCCCCCCCC)c1C(=O)O)OC(=O)CCCCCCCCCCCCCCC. The van der Waals surface area contributed by atoms with Crippen molar-refractivity contribution in [2.24, 2.45) is 0 Å². The number of carboxylic acids is 2. The van der Waals surface area contributed by atoms with Crippen molar-refractivity contribution in [2.45, 2.75) is 412 Å². The number of rotatable bonds is 69. The molecule has 0 saturated heterocycles. The lowest BCUT2D eigenvalue weighted by molar-refractivity contribution is -0.159. The second kappa shape index (κ2) is 62.4. The summed E-state index contributed by atoms with van der Waals surface area (Å²) in [7, 11) is 0. The Morgan fingerprint density at radius 1 is 0.344 bits per heavy atom. The Hall–Kier alpha value is -4.88. The molecule has 0 aliphatic rings. The third kappa shape index (κ3) is 47.2. The Labute approximate surface area is 584 Å². The van der Waals surface area contributed by atoms with Crippen LogP contribution in [0.4, 0.5) is 0 Å². The molecule has 2 unspecified atom stereocenters. The van der Waals surface area contributed by atoms with Crippen molar-refractivity contribution < 1.29 is 57.9 Å². The Balaban J connectivity index is 2.30. The van der Waals surface area contributed by atoms with E-state index in [4.69, 9.17) is 18.9 Å². The molecule has 14 heteroatoms. The minimum Gasteiger partial charge on any atom is -0.478 e. The van der Waals surface area contributed by atoms with Gasteiger partial charge in [0.25, 0.3) is 0 Å². The largest absolute Gasteiger partial charge is 0.478 e. The maximum atomic E-state index is 13.7. The summed E-state index contributed by atoms with van der Waals surface area (Å²) in [5.41, 5.74) is -0.755. The number of hydrogen-bond acceptors (Lipinski definition) is 12. The molecule has 0 aromatic carbocycles. The van der Waals surface area contributed by atoms with Crippen LogP contribution in [0.2, 0.25) is 0 Å². The van der Waals surface area contributed by atoms with Crippen molar-refractivity contribution in [1.82, 2.24) is 9.97 Å². The molecule has 0 fully saturated rings. The van der Waals surface area contributed by atoms with E-state index in [1.807, 2.05) is 0 Å². The summed E-state index contributed by atoms with van der Waals surface area (Å²) in [6.45, 7) is 8.34. The van der Waals surface area contributed by atoms with Crippen LogP contribution in [0.15, 0.2) is 24.5 Å². The first-order chi connectivity index (χ1) is 46.9. The lowest BCUT2D eigenvalue weighted by atomic mass is 9.90. The zero-order valence-electron chi connectivity index (χ0n) is 61.8. The summed E-state index contributed by atoms with van der Waals surface area (Å²) >= 11 is 0. The van der Waals surface area contributed by atoms with Crippen LogP contribution < -0.4 is 0 Å². The van der Waals surface area contributed by atoms with Gasteiger partial charge in [-0.3, -0.25) is 29.1 Å². The van der Waals surface area contributed by atoms with Crippen molar-refractivity contribution in [2.75, 3.05) is 13.2 Å². The molecular weight excluding hydrogens is 1200 g/mol. The van der Waals surface area contributed by atoms with Crippen LogP contribution in [0.5, 0.6) is 0 Å². The molecule has 2 atom stereocenters. The van der Waals surface area contributed by atoms with Gasteiger partial charge in [-0.15, -0.1) is 0 Å². The van der Waals surface area contributed by atoms with E-state index < -0.39 is 59.2 Å². The standard InChI is InChI=1S/C82H140N2O12/c1-5-9-13-17-21-25-29-33-37-41-45-49-53-59-75(85)93-67-69(95-77(87)61-55-51-47-43-39-35-31-27-23-19-15-11-7-3)64-73-71(58-57-63-83-73)79-72(81(89)90)66-84-74(80(79)82(91)92)65-70(96-78(88)62-56-52-48-44-40-36-32-28-24-20-16-12-8-4)68-94-76(86)60-54-50-46-42-38-34-30-26-22-18-14-10-6-2/h57-58,63,66,69-70H,5-56,59-62,64-65,67-68H2,1-4H3,(H,89,90)(H,91,92). The molecule has 2 rings (SSSR count). The summed E-state index contributed by atoms with van der Waals surface area (Å²) < 4.78 is 23.7. The van der Waals surface area contributed by atoms with E-state index in [-0.39, 0.29) is 74.3 Å². The number of hydrogen-bond donors (Lipinski definition) is 2. The molecule has 550 valence electrons. The number of ether oxygens (including phenoxy) is 4. The molecule has 0 bridgehead atoms. The molecule has 0 saturated carbocycles. The Morgan fingerprint density at radius 2 is 0.615 bits per heavy atom. The number of unbranched alkanes of at least 4 members (excludes halogenated alkanes) is 48. The van der Waals surface area contributed by atoms with Crippen LogP contribution in [0.1, 0.15) is 419 Å². The Morgan fingerprint density at radius 3 is 0.896 bits per heavy atom. The monoisotopic (exact) mass is 1350 g/mol. The van der Waals surface area contributed by atoms with Crippen molar-refractivity contribution in [1.29, 1.82) is 0 Å². The summed E-state index contributed by atoms with van der Waals surface area (Å²) in [5.74, 6) is -4.76. The van der Waals surface area contributed by atoms with Crippen molar-refractivity contribution in [3.8, 4) is 11.1 Å². The number of aromatic nitrogens is 2. The third-order valence-corrected chi connectivity index (χ3v) is 19.0. The van der Waals surface area contributed by atoms with Gasteiger partial charge in [0.15, 0.2) is 0 Å². The van der Waals surface area contributed by atoms with E-state index in [0.717, 1.165) is 89.7 Å². The van der Waals surface area contributed by atoms with Gasteiger partial charge in [-0.2, -0.15) is 0 Å². The fraction of sp³-hybridized carbons (Fsp3) is 0.805. The number of esters is 4. The molecule has 14 nitrogen and oxygen atoms in total. The first kappa shape index (κ1) is 87.2. The molecule has 0 aliphatic heterocycles. The van der Waals surface area contributed by atoms with E-state index in [1.54, 1.807) is 12.1 Å². The predicted octanol–water partition coefficient (Wildman–Crippen LogP) is 23.5. The maximum Gasteiger partial charge on any atom is 0.338 e. The second-order valence-corrected chi connectivity index (χ2v) is 27.9. The molecule has 2 N–H and O–H groups in total. The van der Waals surface area contributed by atoms with Gasteiger partial charge in [-0.05, 0) is 31.7 Å². The molecule has 2 heterocycles. The van der Waals surface area contributed by atoms with E-state index in [0.29, 0.717) is 25.7 Å². The van der Waals surface area contributed by atoms with Gasteiger partial charge in [0.2, 0.25) is 0 Å². The molecular formula is C82H140N2O12. The lowest BCUT2D eigenvalue weighted by Crippen LogP contribution is -2.29. The van der Waals surface area contributed by atoms with Crippen LogP contribution in [0.3, 0.4) is 0 Å². The van der Waals surface area contributed by atoms with Crippen LogP contribution in [0.25, 0.3) is 11.1 Å². The van der Waals surface area contributed by atoms with Gasteiger partial charge in [-0.1, -0.05) is 342 Å². The molecule has 0 radical (unpaired) electrons. The summed E-state index contributed by atoms with van der Waals surface area (Å²) in [4.78, 5) is 89.9. The van der Waals surface area contributed by atoms with Gasteiger partial charge in [0, 0.05) is 62.0 Å². The van der Waals surface area contributed by atoms with Crippen molar-refractivity contribution in [3.05, 3.63) is 47.0 Å². The smallest absolute Gasteiger partial charge is 0.338 e. The van der Waals surface area contributed by atoms with Crippen molar-refractivity contribution in [3.63, 3.8) is 0 Å². The first-order valence-electron chi connectivity index (χ1n) is 40.1. The lowest BCUT2D eigenvalue weighted by Gasteiger charge is -2.22. The highest BCUT2D eigenvalue weighted by Crippen LogP contribution is 2.34. The summed E-state index contributed by atoms with van der Waals surface area (Å²) in [6.07, 6.45) is 61.3. The molecule has 2 aromatic heterocycles. The van der Waals surface area contributed by atoms with Gasteiger partial charge in [0.05, 0.1) is 22.5 Å². The number of carboxylic acid groups (broad SMARTS) is 2. The number of carbonyl (C=O) groups is 6. The number of pyridine rings is 2. The third-order valence-electron chi connectivity index (χ3n) is 19.0. The minimum atomic E-state index is -1.48. The topological polar surface area (TPSA) is 206 Å². The fourth-order valence-electron chi connectivity index (χ4n) is 13.1.